The van der Waals surface area contributed by atoms with Crippen LogP contribution in [0, 0.1) is 0 Å². The van der Waals surface area contributed by atoms with Gasteiger partial charge in [-0.1, -0.05) is 0 Å². The largest absolute Gasteiger partial charge is 0.347 e. The van der Waals surface area contributed by atoms with E-state index in [0.29, 0.717) is 0 Å². The molecule has 0 spiro atoms. The lowest BCUT2D eigenvalue weighted by Gasteiger charge is -1.98. The lowest BCUT2D eigenvalue weighted by molar-refractivity contribution is 0.672. The fourth-order valence-electron chi connectivity index (χ4n) is 1.57. The summed E-state index contributed by atoms with van der Waals surface area (Å²) in [5.74, 6) is 0. The van der Waals surface area contributed by atoms with E-state index in [1.54, 1.807) is 17.7 Å². The molecule has 0 atom stereocenters. The molecule has 0 aliphatic heterocycles. The third kappa shape index (κ3) is 2.66. The molecule has 3 aromatic heterocycles. The SMILES string of the molecule is Cl.c1ncc(CNCc2cn3ccsc3n2)[nH]1. The molecule has 2 N–H and O–H groups in total. The van der Waals surface area contributed by atoms with Gasteiger partial charge in [-0.2, -0.15) is 0 Å². The molecule has 7 heteroatoms. The van der Waals surface area contributed by atoms with Crippen LogP contribution in [0.25, 0.3) is 4.96 Å². The molecule has 0 fully saturated rings. The zero-order chi connectivity index (χ0) is 10.8. The maximum atomic E-state index is 4.48. The van der Waals surface area contributed by atoms with Gasteiger partial charge in [0.15, 0.2) is 4.96 Å². The second-order valence-electron chi connectivity index (χ2n) is 3.51. The number of fused-ring (bicyclic) bond motifs is 1. The van der Waals surface area contributed by atoms with E-state index in [2.05, 4.69) is 20.3 Å². The maximum Gasteiger partial charge on any atom is 0.193 e. The topological polar surface area (TPSA) is 58.0 Å². The summed E-state index contributed by atoms with van der Waals surface area (Å²) in [4.78, 5) is 12.5. The predicted octanol–water partition coefficient (Wildman–Crippen LogP) is 1.83. The zero-order valence-electron chi connectivity index (χ0n) is 8.96. The van der Waals surface area contributed by atoms with Crippen molar-refractivity contribution in [1.82, 2.24) is 24.7 Å². The smallest absolute Gasteiger partial charge is 0.193 e. The molecular weight excluding hydrogens is 258 g/mol. The molecule has 0 aliphatic carbocycles. The van der Waals surface area contributed by atoms with Crippen molar-refractivity contribution in [1.29, 1.82) is 0 Å². The van der Waals surface area contributed by atoms with Gasteiger partial charge in [0.2, 0.25) is 0 Å². The van der Waals surface area contributed by atoms with Crippen molar-refractivity contribution in [3.05, 3.63) is 41.7 Å². The van der Waals surface area contributed by atoms with Gasteiger partial charge in [0, 0.05) is 42.8 Å². The van der Waals surface area contributed by atoms with Crippen LogP contribution in [0.1, 0.15) is 11.4 Å². The highest BCUT2D eigenvalue weighted by Gasteiger charge is 2.01. The van der Waals surface area contributed by atoms with Crippen molar-refractivity contribution in [2.75, 3.05) is 0 Å². The van der Waals surface area contributed by atoms with Gasteiger partial charge in [0.05, 0.1) is 12.0 Å². The molecule has 90 valence electrons. The molecule has 3 rings (SSSR count). The molecule has 0 saturated heterocycles. The summed E-state index contributed by atoms with van der Waals surface area (Å²) >= 11 is 1.65. The summed E-state index contributed by atoms with van der Waals surface area (Å²) in [6, 6.07) is 0. The number of halogens is 1. The van der Waals surface area contributed by atoms with Crippen LogP contribution in [0.4, 0.5) is 0 Å². The molecule has 5 nitrogen and oxygen atoms in total. The predicted molar refractivity (Wildman–Crippen MR) is 69.4 cm³/mol. The second-order valence-corrected chi connectivity index (χ2v) is 4.38. The van der Waals surface area contributed by atoms with Crippen molar-refractivity contribution in [2.45, 2.75) is 13.1 Å². The fourth-order valence-corrected chi connectivity index (χ4v) is 2.29. The van der Waals surface area contributed by atoms with Gasteiger partial charge in [-0.05, 0) is 0 Å². The van der Waals surface area contributed by atoms with Crippen molar-refractivity contribution in [3.63, 3.8) is 0 Å². The van der Waals surface area contributed by atoms with Crippen LogP contribution in [-0.4, -0.2) is 19.4 Å². The Balaban J connectivity index is 0.00000108. The molecule has 0 amide bonds. The molecule has 3 aromatic rings. The van der Waals surface area contributed by atoms with Gasteiger partial charge in [0.25, 0.3) is 0 Å². The van der Waals surface area contributed by atoms with Crippen LogP contribution in [0.5, 0.6) is 0 Å². The van der Waals surface area contributed by atoms with E-state index in [1.165, 1.54) is 0 Å². The van der Waals surface area contributed by atoms with E-state index in [0.717, 1.165) is 29.4 Å². The molecule has 0 unspecified atom stereocenters. The van der Waals surface area contributed by atoms with Gasteiger partial charge in [-0.3, -0.25) is 4.40 Å². The number of hydrogen-bond donors (Lipinski definition) is 2. The Morgan fingerprint density at radius 2 is 2.35 bits per heavy atom. The summed E-state index contributed by atoms with van der Waals surface area (Å²) < 4.78 is 2.04. The second kappa shape index (κ2) is 5.31. The minimum atomic E-state index is 0. The van der Waals surface area contributed by atoms with E-state index in [-0.39, 0.29) is 12.4 Å². The van der Waals surface area contributed by atoms with E-state index in [1.807, 2.05) is 28.4 Å². The Morgan fingerprint density at radius 3 is 3.12 bits per heavy atom. The number of hydrogen-bond acceptors (Lipinski definition) is 4. The Morgan fingerprint density at radius 1 is 1.41 bits per heavy atom. The highest BCUT2D eigenvalue weighted by molar-refractivity contribution is 7.15. The van der Waals surface area contributed by atoms with Gasteiger partial charge < -0.3 is 10.3 Å². The van der Waals surface area contributed by atoms with Crippen LogP contribution in [0.15, 0.2) is 30.3 Å². The monoisotopic (exact) mass is 269 g/mol. The lowest BCUT2D eigenvalue weighted by atomic mass is 10.4. The Bertz CT molecular complexity index is 542. The fraction of sp³-hybridized carbons (Fsp3) is 0.200. The number of nitrogens with one attached hydrogen (secondary N) is 2. The molecule has 0 bridgehead atoms. The first-order valence-corrected chi connectivity index (χ1v) is 5.89. The lowest BCUT2D eigenvalue weighted by Crippen LogP contribution is -2.13. The van der Waals surface area contributed by atoms with Crippen molar-refractivity contribution in [3.8, 4) is 0 Å². The molecule has 0 saturated carbocycles. The van der Waals surface area contributed by atoms with Gasteiger partial charge in [0.1, 0.15) is 0 Å². The number of thiazole rings is 1. The van der Waals surface area contributed by atoms with Crippen molar-refractivity contribution >= 4 is 28.7 Å². The minimum absolute atomic E-state index is 0. The van der Waals surface area contributed by atoms with Gasteiger partial charge in [-0.15, -0.1) is 23.7 Å². The number of nitrogens with zero attached hydrogens (tertiary/aromatic N) is 3. The molecule has 0 aromatic carbocycles. The van der Waals surface area contributed by atoms with Crippen LogP contribution in [0.2, 0.25) is 0 Å². The van der Waals surface area contributed by atoms with Crippen LogP contribution in [-0.2, 0) is 13.1 Å². The average molecular weight is 270 g/mol. The van der Waals surface area contributed by atoms with Crippen molar-refractivity contribution in [2.24, 2.45) is 0 Å². The average Bonchev–Trinajstić information content (AvgIpc) is 2.91. The van der Waals surface area contributed by atoms with Crippen molar-refractivity contribution < 1.29 is 0 Å². The number of imidazole rings is 2. The van der Waals surface area contributed by atoms with Crippen LogP contribution in [0.3, 0.4) is 0 Å². The Kier molecular flexibility index (Phi) is 3.78. The minimum Gasteiger partial charge on any atom is -0.347 e. The third-order valence-electron chi connectivity index (χ3n) is 2.32. The number of H-pyrrole nitrogens is 1. The summed E-state index contributed by atoms with van der Waals surface area (Å²) in [7, 11) is 0. The Labute approximate surface area is 108 Å². The van der Waals surface area contributed by atoms with Crippen LogP contribution >= 0.6 is 23.7 Å². The number of aromatic nitrogens is 4. The van der Waals surface area contributed by atoms with Gasteiger partial charge >= 0.3 is 0 Å². The molecular formula is C10H12ClN5S. The highest BCUT2D eigenvalue weighted by atomic mass is 35.5. The van der Waals surface area contributed by atoms with E-state index in [4.69, 9.17) is 0 Å². The van der Waals surface area contributed by atoms with E-state index < -0.39 is 0 Å². The highest BCUT2D eigenvalue weighted by Crippen LogP contribution is 2.11. The standard InChI is InChI=1S/C10H11N5S.ClH/c1-2-16-10-14-9(6-15(1)10)5-11-3-8-4-12-7-13-8;/h1-2,4,6-7,11H,3,5H2,(H,12,13);1H. The normalized spacial score (nSPS) is 10.6. The quantitative estimate of drug-likeness (QED) is 0.760. The molecule has 17 heavy (non-hydrogen) atoms. The van der Waals surface area contributed by atoms with Gasteiger partial charge in [-0.25, -0.2) is 9.97 Å². The maximum absolute atomic E-state index is 4.48. The zero-order valence-corrected chi connectivity index (χ0v) is 10.6. The van der Waals surface area contributed by atoms with Crippen LogP contribution < -0.4 is 5.32 Å². The molecule has 0 aliphatic rings. The summed E-state index contributed by atoms with van der Waals surface area (Å²) in [6.07, 6.45) is 7.57. The first-order valence-electron chi connectivity index (χ1n) is 5.01. The first-order chi connectivity index (χ1) is 7.92. The first kappa shape index (κ1) is 12.1. The molecule has 3 heterocycles. The van der Waals surface area contributed by atoms with E-state index >= 15 is 0 Å². The van der Waals surface area contributed by atoms with E-state index in [9.17, 15) is 0 Å². The number of rotatable bonds is 4. The Hall–Kier alpha value is -1.37. The molecule has 0 radical (unpaired) electrons. The summed E-state index contributed by atoms with van der Waals surface area (Å²) in [5.41, 5.74) is 2.15. The number of aromatic amines is 1. The summed E-state index contributed by atoms with van der Waals surface area (Å²) in [6.45, 7) is 1.55. The third-order valence-corrected chi connectivity index (χ3v) is 3.09. The summed E-state index contributed by atoms with van der Waals surface area (Å²) in [5, 5.41) is 5.34.